The number of hydrogen-bond acceptors (Lipinski definition) is 2. The van der Waals surface area contributed by atoms with Gasteiger partial charge in [-0.05, 0) is 134 Å². The number of allylic oxidation sites excluding steroid dienone is 8. The molecule has 67 heavy (non-hydrogen) atoms. The summed E-state index contributed by atoms with van der Waals surface area (Å²) in [5.41, 5.74) is 25.7. The van der Waals surface area contributed by atoms with Crippen molar-refractivity contribution in [1.82, 2.24) is 0 Å². The van der Waals surface area contributed by atoms with Crippen LogP contribution in [0.3, 0.4) is 0 Å². The Morgan fingerprint density at radius 1 is 0.493 bits per heavy atom. The van der Waals surface area contributed by atoms with Gasteiger partial charge in [0.25, 0.3) is 0 Å². The van der Waals surface area contributed by atoms with Crippen LogP contribution in [0.1, 0.15) is 89.6 Å². The molecule has 1 heterocycles. The minimum atomic E-state index is -0.467. The molecule has 2 atom stereocenters. The van der Waals surface area contributed by atoms with Crippen LogP contribution in [0.4, 0.5) is 17.1 Å². The van der Waals surface area contributed by atoms with E-state index in [1.807, 2.05) is 0 Å². The quantitative estimate of drug-likeness (QED) is 0.175. The zero-order valence-corrected chi connectivity index (χ0v) is 37.9. The summed E-state index contributed by atoms with van der Waals surface area (Å²) >= 11 is 0. The number of hydrogen-bond donors (Lipinski definition) is 0. The molecule has 2 unspecified atom stereocenters. The molecule has 318 valence electrons. The number of nitrogens with zero attached hydrogens (tertiary/aromatic N) is 1. The first-order valence-electron chi connectivity index (χ1n) is 24.1. The SMILES string of the molecule is CC1(C)C2=CC=CC2c2ccc(N(c3ccc4c(c3)C3(c5ccccc5-c5ccccc53)c3ccccc3-4)c3cccc4c3oc3c(C5(C)C6=CCCC=C6c6ccccc65)cccc34)cc21. The second-order valence-corrected chi connectivity index (χ2v) is 20.3. The lowest BCUT2D eigenvalue weighted by atomic mass is 9.70. The van der Waals surface area contributed by atoms with Gasteiger partial charge in [-0.1, -0.05) is 184 Å². The molecule has 0 bridgehead atoms. The third-order valence-corrected chi connectivity index (χ3v) is 16.9. The second kappa shape index (κ2) is 13.0. The number of rotatable bonds is 4. The molecular weight excluding hydrogens is 811 g/mol. The largest absolute Gasteiger partial charge is 0.454 e. The van der Waals surface area contributed by atoms with Gasteiger partial charge in [-0.2, -0.15) is 0 Å². The highest BCUT2D eigenvalue weighted by atomic mass is 16.3. The monoisotopic (exact) mass is 857 g/mol. The van der Waals surface area contributed by atoms with E-state index in [9.17, 15) is 0 Å². The maximum absolute atomic E-state index is 7.53. The summed E-state index contributed by atoms with van der Waals surface area (Å²) in [6, 6.07) is 64.4. The van der Waals surface area contributed by atoms with E-state index < -0.39 is 5.41 Å². The van der Waals surface area contributed by atoms with Gasteiger partial charge < -0.3 is 9.32 Å². The van der Waals surface area contributed by atoms with E-state index in [1.165, 1.54) is 89.0 Å². The minimum absolute atomic E-state index is 0.111. The second-order valence-electron chi connectivity index (χ2n) is 20.3. The molecule has 2 heteroatoms. The van der Waals surface area contributed by atoms with Crippen LogP contribution < -0.4 is 4.90 Å². The van der Waals surface area contributed by atoms with Crippen molar-refractivity contribution in [3.05, 3.63) is 261 Å². The molecule has 1 spiro atoms. The normalized spacial score (nSPS) is 20.1. The number of furan rings is 1. The minimum Gasteiger partial charge on any atom is -0.454 e. The van der Waals surface area contributed by atoms with Gasteiger partial charge in [-0.3, -0.25) is 0 Å². The molecule has 1 aromatic heterocycles. The van der Waals surface area contributed by atoms with Gasteiger partial charge in [0.1, 0.15) is 5.58 Å². The molecule has 0 fully saturated rings. The summed E-state index contributed by atoms with van der Waals surface area (Å²) in [6.07, 6.45) is 14.0. The fourth-order valence-corrected chi connectivity index (χ4v) is 14.0. The molecule has 0 N–H and O–H groups in total. The van der Waals surface area contributed by atoms with Crippen LogP contribution in [0.5, 0.6) is 0 Å². The fraction of sp³-hybridized carbons (Fsp3) is 0.138. The molecular formula is C65H47NO. The Kier molecular flexibility index (Phi) is 7.29. The lowest BCUT2D eigenvalue weighted by Gasteiger charge is -2.32. The van der Waals surface area contributed by atoms with Crippen molar-refractivity contribution in [3.63, 3.8) is 0 Å². The van der Waals surface area contributed by atoms with Crippen LogP contribution in [0, 0.1) is 0 Å². The Bertz CT molecular complexity index is 3760. The Labute approximate surface area is 391 Å². The first-order valence-corrected chi connectivity index (χ1v) is 24.1. The van der Waals surface area contributed by atoms with E-state index in [0.29, 0.717) is 5.92 Å². The summed E-state index contributed by atoms with van der Waals surface area (Å²) in [7, 11) is 0. The summed E-state index contributed by atoms with van der Waals surface area (Å²) in [5.74, 6) is 0.322. The zero-order chi connectivity index (χ0) is 44.4. The van der Waals surface area contributed by atoms with Crippen LogP contribution >= 0.6 is 0 Å². The number of para-hydroxylation sites is 2. The lowest BCUT2D eigenvalue weighted by molar-refractivity contribution is 0.636. The van der Waals surface area contributed by atoms with Crippen LogP contribution in [-0.4, -0.2) is 0 Å². The molecule has 0 aliphatic heterocycles. The van der Waals surface area contributed by atoms with Crippen LogP contribution in [0.2, 0.25) is 0 Å². The highest BCUT2D eigenvalue weighted by molar-refractivity contribution is 6.12. The number of benzene rings is 8. The van der Waals surface area contributed by atoms with Crippen molar-refractivity contribution in [1.29, 1.82) is 0 Å². The molecule has 6 aliphatic rings. The topological polar surface area (TPSA) is 16.4 Å². The Hall–Kier alpha value is -7.68. The Morgan fingerprint density at radius 2 is 1.06 bits per heavy atom. The van der Waals surface area contributed by atoms with Gasteiger partial charge in [0.2, 0.25) is 0 Å². The summed E-state index contributed by atoms with van der Waals surface area (Å²) in [4.78, 5) is 2.50. The van der Waals surface area contributed by atoms with E-state index in [0.717, 1.165) is 51.8 Å². The van der Waals surface area contributed by atoms with Crippen molar-refractivity contribution in [2.24, 2.45) is 0 Å². The lowest BCUT2D eigenvalue weighted by Crippen LogP contribution is -2.26. The van der Waals surface area contributed by atoms with Gasteiger partial charge >= 0.3 is 0 Å². The van der Waals surface area contributed by atoms with Crippen molar-refractivity contribution in [2.45, 2.75) is 55.8 Å². The van der Waals surface area contributed by atoms with Gasteiger partial charge in [0, 0.05) is 44.5 Å². The van der Waals surface area contributed by atoms with Crippen molar-refractivity contribution < 1.29 is 4.42 Å². The molecule has 6 aliphatic carbocycles. The molecule has 8 aromatic carbocycles. The van der Waals surface area contributed by atoms with Gasteiger partial charge in [-0.15, -0.1) is 0 Å². The predicted molar refractivity (Wildman–Crippen MR) is 276 cm³/mol. The average molecular weight is 858 g/mol. The maximum Gasteiger partial charge on any atom is 0.159 e. The molecule has 0 saturated carbocycles. The Morgan fingerprint density at radius 3 is 1.78 bits per heavy atom. The smallest absolute Gasteiger partial charge is 0.159 e. The predicted octanol–water partition coefficient (Wildman–Crippen LogP) is 16.7. The number of fused-ring (bicyclic) bond motifs is 19. The van der Waals surface area contributed by atoms with Crippen LogP contribution in [-0.2, 0) is 16.2 Å². The Balaban J connectivity index is 0.999. The van der Waals surface area contributed by atoms with Crippen molar-refractivity contribution in [3.8, 4) is 22.3 Å². The highest BCUT2D eigenvalue weighted by Gasteiger charge is 2.52. The fourth-order valence-electron chi connectivity index (χ4n) is 14.0. The van der Waals surface area contributed by atoms with Crippen LogP contribution in [0.25, 0.3) is 49.8 Å². The molecule has 0 radical (unpaired) electrons. The van der Waals surface area contributed by atoms with E-state index in [-0.39, 0.29) is 10.8 Å². The first kappa shape index (κ1) is 37.5. The third kappa shape index (κ3) is 4.56. The third-order valence-electron chi connectivity index (χ3n) is 16.9. The molecule has 0 saturated heterocycles. The van der Waals surface area contributed by atoms with Crippen LogP contribution in [0.15, 0.2) is 216 Å². The average Bonchev–Trinajstić information content (AvgIpc) is 4.22. The van der Waals surface area contributed by atoms with Gasteiger partial charge in [0.15, 0.2) is 5.58 Å². The van der Waals surface area contributed by atoms with E-state index >= 15 is 0 Å². The molecule has 2 nitrogen and oxygen atoms in total. The summed E-state index contributed by atoms with van der Waals surface area (Å²) in [6.45, 7) is 7.22. The number of anilines is 3. The molecule has 0 amide bonds. The van der Waals surface area contributed by atoms with Gasteiger partial charge in [0.05, 0.1) is 11.1 Å². The zero-order valence-electron chi connectivity index (χ0n) is 37.9. The summed E-state index contributed by atoms with van der Waals surface area (Å²) in [5, 5.41) is 2.27. The van der Waals surface area contributed by atoms with Gasteiger partial charge in [-0.25, -0.2) is 0 Å². The van der Waals surface area contributed by atoms with E-state index in [4.69, 9.17) is 4.42 Å². The molecule has 15 rings (SSSR count). The summed E-state index contributed by atoms with van der Waals surface area (Å²) < 4.78 is 7.53. The first-order chi connectivity index (χ1) is 32.9. The standard InChI is InChI=1S/C65H47NO/c1-63(2)51-30-14-22-41(51)47-35-33-39(37-58(47)63)66(40-34-36-48-46-21-8-13-29-56(46)65(59(48)38-40)54-27-11-6-19-44(54)45-20-7-12-28-55(45)65)60-32-16-24-50-49-23-15-31-57(61(49)67-62(50)60)64(3)52-25-9-4-17-42(52)43-18-5-10-26-53(43)64/h4,6-9,11-38,41H,5,10H2,1-3H3. The van der Waals surface area contributed by atoms with Crippen molar-refractivity contribution >= 4 is 44.6 Å². The van der Waals surface area contributed by atoms with E-state index in [1.54, 1.807) is 0 Å². The molecule has 9 aromatic rings. The highest BCUT2D eigenvalue weighted by Crippen LogP contribution is 2.64. The van der Waals surface area contributed by atoms with E-state index in [2.05, 4.69) is 226 Å². The maximum atomic E-state index is 7.53. The van der Waals surface area contributed by atoms with Crippen molar-refractivity contribution in [2.75, 3.05) is 4.90 Å².